The minimum absolute atomic E-state index is 0.480. The van der Waals surface area contributed by atoms with Gasteiger partial charge >= 0.3 is 0 Å². The number of nitrogens with zero attached hydrogens (tertiary/aromatic N) is 1. The van der Waals surface area contributed by atoms with E-state index < -0.39 is 0 Å². The molecule has 1 saturated heterocycles. The van der Waals surface area contributed by atoms with Crippen LogP contribution >= 0.6 is 0 Å². The summed E-state index contributed by atoms with van der Waals surface area (Å²) in [5, 5.41) is 2.47. The quantitative estimate of drug-likeness (QED) is 0.654. The second-order valence-electron chi connectivity index (χ2n) is 4.21. The lowest BCUT2D eigenvalue weighted by Gasteiger charge is -2.19. The Labute approximate surface area is 75.3 Å². The predicted octanol–water partition coefficient (Wildman–Crippen LogP) is 2.27. The van der Waals surface area contributed by atoms with Gasteiger partial charge in [0, 0.05) is 6.54 Å². The molecular formula is C10H20N2. The van der Waals surface area contributed by atoms with Crippen LogP contribution in [0.4, 0.5) is 0 Å². The number of rotatable bonds is 3. The molecule has 2 fully saturated rings. The van der Waals surface area contributed by atoms with Crippen molar-refractivity contribution < 1.29 is 0 Å². The van der Waals surface area contributed by atoms with E-state index in [-0.39, 0.29) is 0 Å². The van der Waals surface area contributed by atoms with Crippen molar-refractivity contribution >= 4 is 0 Å². The van der Waals surface area contributed by atoms with E-state index in [1.165, 1.54) is 51.5 Å². The summed E-state index contributed by atoms with van der Waals surface area (Å²) in [5.41, 5.74) is 4.03. The van der Waals surface area contributed by atoms with Gasteiger partial charge in [0.2, 0.25) is 0 Å². The highest BCUT2D eigenvalue weighted by Crippen LogP contribution is 2.39. The summed E-state index contributed by atoms with van der Waals surface area (Å²) in [6, 6.07) is 0. The molecule has 70 valence electrons. The van der Waals surface area contributed by atoms with Crippen LogP contribution in [0.5, 0.6) is 0 Å². The molecule has 1 unspecified atom stereocenters. The van der Waals surface area contributed by atoms with Crippen molar-refractivity contribution in [3.8, 4) is 0 Å². The molecule has 1 saturated carbocycles. The predicted molar refractivity (Wildman–Crippen MR) is 50.6 cm³/mol. The summed E-state index contributed by atoms with van der Waals surface area (Å²) in [4.78, 5) is 0. The van der Waals surface area contributed by atoms with Gasteiger partial charge in [-0.1, -0.05) is 32.6 Å². The lowest BCUT2D eigenvalue weighted by atomic mass is 9.92. The van der Waals surface area contributed by atoms with Gasteiger partial charge in [-0.3, -0.25) is 0 Å². The van der Waals surface area contributed by atoms with E-state index in [4.69, 9.17) is 0 Å². The SMILES string of the molecule is CCCCN1NC12CCCCC2. The number of hydrogen-bond donors (Lipinski definition) is 1. The molecule has 0 aromatic carbocycles. The van der Waals surface area contributed by atoms with Crippen molar-refractivity contribution in [1.82, 2.24) is 10.4 Å². The van der Waals surface area contributed by atoms with Crippen LogP contribution < -0.4 is 5.43 Å². The maximum atomic E-state index is 3.55. The molecule has 1 aliphatic carbocycles. The Morgan fingerprint density at radius 3 is 2.67 bits per heavy atom. The Bertz CT molecular complexity index is 148. The van der Waals surface area contributed by atoms with Crippen LogP contribution in [0.2, 0.25) is 0 Å². The van der Waals surface area contributed by atoms with Gasteiger partial charge in [-0.05, 0) is 19.3 Å². The van der Waals surface area contributed by atoms with Gasteiger partial charge in [0.25, 0.3) is 0 Å². The molecule has 2 nitrogen and oxygen atoms in total. The van der Waals surface area contributed by atoms with Crippen LogP contribution in [0.15, 0.2) is 0 Å². The molecule has 2 heteroatoms. The van der Waals surface area contributed by atoms with Gasteiger partial charge in [0.15, 0.2) is 0 Å². The van der Waals surface area contributed by atoms with Gasteiger partial charge in [0.05, 0.1) is 5.66 Å². The summed E-state index contributed by atoms with van der Waals surface area (Å²) in [6.07, 6.45) is 9.73. The first-order chi connectivity index (χ1) is 5.87. The molecule has 0 bridgehead atoms. The van der Waals surface area contributed by atoms with Crippen molar-refractivity contribution in [2.75, 3.05) is 6.54 Å². The number of hydrogen-bond acceptors (Lipinski definition) is 2. The molecular weight excluding hydrogens is 148 g/mol. The molecule has 12 heavy (non-hydrogen) atoms. The van der Waals surface area contributed by atoms with E-state index in [9.17, 15) is 0 Å². The fraction of sp³-hybridized carbons (Fsp3) is 1.00. The van der Waals surface area contributed by atoms with E-state index in [0.717, 1.165) is 0 Å². The van der Waals surface area contributed by atoms with Gasteiger partial charge in [-0.2, -0.15) is 0 Å². The van der Waals surface area contributed by atoms with E-state index in [0.29, 0.717) is 5.66 Å². The highest BCUT2D eigenvalue weighted by molar-refractivity contribution is 4.99. The van der Waals surface area contributed by atoms with Crippen LogP contribution in [0, 0.1) is 0 Å². The van der Waals surface area contributed by atoms with E-state index >= 15 is 0 Å². The summed E-state index contributed by atoms with van der Waals surface area (Å²) in [6.45, 7) is 3.52. The zero-order chi connectivity index (χ0) is 8.44. The molecule has 1 atom stereocenters. The Morgan fingerprint density at radius 2 is 2.00 bits per heavy atom. The smallest absolute Gasteiger partial charge is 0.0974 e. The fourth-order valence-corrected chi connectivity index (χ4v) is 2.33. The van der Waals surface area contributed by atoms with Crippen LogP contribution in [0.25, 0.3) is 0 Å². The second-order valence-corrected chi connectivity index (χ2v) is 4.21. The average molecular weight is 168 g/mol. The van der Waals surface area contributed by atoms with Gasteiger partial charge in [-0.15, -0.1) is 0 Å². The zero-order valence-corrected chi connectivity index (χ0v) is 8.10. The minimum Gasteiger partial charge on any atom is -0.232 e. The highest BCUT2D eigenvalue weighted by atomic mass is 15.8. The summed E-state index contributed by atoms with van der Waals surface area (Å²) in [5.74, 6) is 0. The van der Waals surface area contributed by atoms with Gasteiger partial charge in [0.1, 0.15) is 0 Å². The minimum atomic E-state index is 0.480. The molecule has 1 heterocycles. The van der Waals surface area contributed by atoms with Crippen LogP contribution in [0.3, 0.4) is 0 Å². The maximum absolute atomic E-state index is 3.55. The molecule has 0 aromatic rings. The summed E-state index contributed by atoms with van der Waals surface area (Å²) >= 11 is 0. The Balaban J connectivity index is 1.75. The Kier molecular flexibility index (Phi) is 2.37. The molecule has 1 aliphatic heterocycles. The lowest BCUT2D eigenvalue weighted by Crippen LogP contribution is -2.23. The highest BCUT2D eigenvalue weighted by Gasteiger charge is 2.50. The summed E-state index contributed by atoms with van der Waals surface area (Å²) < 4.78 is 0. The third kappa shape index (κ3) is 1.50. The number of unbranched alkanes of at least 4 members (excludes halogenated alkanes) is 1. The largest absolute Gasteiger partial charge is 0.232 e. The van der Waals surface area contributed by atoms with E-state index in [1.54, 1.807) is 0 Å². The third-order valence-corrected chi connectivity index (χ3v) is 3.23. The van der Waals surface area contributed by atoms with Crippen LogP contribution in [-0.4, -0.2) is 17.2 Å². The van der Waals surface area contributed by atoms with Crippen molar-refractivity contribution in [3.63, 3.8) is 0 Å². The van der Waals surface area contributed by atoms with Crippen LogP contribution in [-0.2, 0) is 0 Å². The first kappa shape index (κ1) is 8.52. The summed E-state index contributed by atoms with van der Waals surface area (Å²) in [7, 11) is 0. The monoisotopic (exact) mass is 168 g/mol. The molecule has 2 rings (SSSR count). The standard InChI is InChI=1S/C10H20N2/c1-2-3-9-12-10(11-12)7-5-4-6-8-10/h11H,2-9H2,1H3. The van der Waals surface area contributed by atoms with Crippen molar-refractivity contribution in [2.45, 2.75) is 57.5 Å². The Hall–Kier alpha value is -0.0800. The average Bonchev–Trinajstić information content (AvgIpc) is 2.77. The molecule has 1 N–H and O–H groups in total. The van der Waals surface area contributed by atoms with Crippen molar-refractivity contribution in [1.29, 1.82) is 0 Å². The van der Waals surface area contributed by atoms with E-state index in [2.05, 4.69) is 17.4 Å². The van der Waals surface area contributed by atoms with Crippen molar-refractivity contribution in [2.24, 2.45) is 0 Å². The van der Waals surface area contributed by atoms with Crippen molar-refractivity contribution in [3.05, 3.63) is 0 Å². The zero-order valence-electron chi connectivity index (χ0n) is 8.10. The van der Waals surface area contributed by atoms with Crippen LogP contribution in [0.1, 0.15) is 51.9 Å². The van der Waals surface area contributed by atoms with Gasteiger partial charge in [-0.25, -0.2) is 10.4 Å². The second kappa shape index (κ2) is 3.35. The molecule has 0 amide bonds. The molecule has 0 radical (unpaired) electrons. The van der Waals surface area contributed by atoms with Gasteiger partial charge < -0.3 is 0 Å². The topological polar surface area (TPSA) is 25.0 Å². The Morgan fingerprint density at radius 1 is 1.25 bits per heavy atom. The van der Waals surface area contributed by atoms with E-state index in [1.807, 2.05) is 0 Å². The fourth-order valence-electron chi connectivity index (χ4n) is 2.33. The first-order valence-electron chi connectivity index (χ1n) is 5.43. The number of hydrazine groups is 1. The molecule has 0 aromatic heterocycles. The lowest BCUT2D eigenvalue weighted by molar-refractivity contribution is 0.308. The normalized spacial score (nSPS) is 32.2. The molecule has 1 spiro atoms. The molecule has 2 aliphatic rings. The number of nitrogens with one attached hydrogen (secondary N) is 1. The maximum Gasteiger partial charge on any atom is 0.0974 e. The third-order valence-electron chi connectivity index (χ3n) is 3.23. The first-order valence-corrected chi connectivity index (χ1v) is 5.43.